The molecule has 9 nitrogen and oxygen atoms in total. The number of nitrogens with one attached hydrogen (secondary N) is 3. The normalized spacial score (nSPS) is 20.2. The molecular formula is C47H54Cl2N4O5. The minimum absolute atomic E-state index is 0.00199. The van der Waals surface area contributed by atoms with E-state index >= 15 is 0 Å². The van der Waals surface area contributed by atoms with Crippen LogP contribution in [0.25, 0.3) is 0 Å². The predicted molar refractivity (Wildman–Crippen MR) is 231 cm³/mol. The van der Waals surface area contributed by atoms with Gasteiger partial charge < -0.3 is 26.0 Å². The molecule has 4 aliphatic rings. The summed E-state index contributed by atoms with van der Waals surface area (Å²) in [5, 5.41) is 19.4. The van der Waals surface area contributed by atoms with Crippen LogP contribution in [-0.4, -0.2) is 59.9 Å². The maximum absolute atomic E-state index is 13.5. The monoisotopic (exact) mass is 824 g/mol. The van der Waals surface area contributed by atoms with E-state index in [9.17, 15) is 19.2 Å². The standard InChI is InChI=1S/C23H25ClN2O2.C12H13ClO2.C12H16N2O/c24-19-11-9-18(10-12-19)23(13-5-14-23)22(28)26-15-4-6-17(16-26)21(27)25-20-7-2-1-3-8-20;13-10-4-2-9(3-5-10)12(6-1-7-12)8-11(14)15;15-12(10-5-4-8-13-9-10)14-11-6-2-1-3-7-11/h1-3,7-12,17H,4-6,13-16H2,(H,25,27);2-5H,1,6-8H2,(H,14,15);1-3,6-7,10,13H,4-5,8-9H2,(H,14,15)/t17-;;10-/m0.0/s1. The Balaban J connectivity index is 0.000000160. The fourth-order valence-electron chi connectivity index (χ4n) is 8.47. The summed E-state index contributed by atoms with van der Waals surface area (Å²) in [6.07, 6.45) is 9.84. The van der Waals surface area contributed by atoms with Crippen molar-refractivity contribution < 1.29 is 24.3 Å². The van der Waals surface area contributed by atoms with Gasteiger partial charge in [-0.3, -0.25) is 19.2 Å². The number of carbonyl (C=O) groups excluding carboxylic acids is 3. The molecule has 2 atom stereocenters. The average molecular weight is 826 g/mol. The van der Waals surface area contributed by atoms with Crippen LogP contribution in [0, 0.1) is 11.8 Å². The number of carboxylic acid groups (broad SMARTS) is 1. The van der Waals surface area contributed by atoms with Crippen molar-refractivity contribution in [3.63, 3.8) is 0 Å². The largest absolute Gasteiger partial charge is 0.481 e. The summed E-state index contributed by atoms with van der Waals surface area (Å²) in [7, 11) is 0. The number of halogens is 2. The second kappa shape index (κ2) is 20.3. The first-order valence-electron chi connectivity index (χ1n) is 20.5. The number of rotatable bonds is 9. The van der Waals surface area contributed by atoms with Crippen molar-refractivity contribution in [2.75, 3.05) is 36.8 Å². The lowest BCUT2D eigenvalue weighted by Gasteiger charge is -2.45. The number of carbonyl (C=O) groups is 4. The molecule has 2 heterocycles. The number of hydrogen-bond acceptors (Lipinski definition) is 5. The molecule has 0 unspecified atom stereocenters. The van der Waals surface area contributed by atoms with Crippen LogP contribution in [0.2, 0.25) is 10.0 Å². The highest BCUT2D eigenvalue weighted by Gasteiger charge is 2.48. The van der Waals surface area contributed by atoms with Gasteiger partial charge in [0.2, 0.25) is 17.7 Å². The molecule has 2 saturated heterocycles. The van der Waals surface area contributed by atoms with Gasteiger partial charge >= 0.3 is 5.97 Å². The lowest BCUT2D eigenvalue weighted by atomic mass is 9.62. The lowest BCUT2D eigenvalue weighted by molar-refractivity contribution is -0.144. The minimum Gasteiger partial charge on any atom is -0.481 e. The van der Waals surface area contributed by atoms with Crippen molar-refractivity contribution in [2.24, 2.45) is 11.8 Å². The summed E-state index contributed by atoms with van der Waals surface area (Å²) in [6, 6.07) is 34.3. The van der Waals surface area contributed by atoms with Gasteiger partial charge in [0.25, 0.3) is 0 Å². The zero-order valence-electron chi connectivity index (χ0n) is 32.9. The van der Waals surface area contributed by atoms with Crippen LogP contribution < -0.4 is 16.0 Å². The highest BCUT2D eigenvalue weighted by Crippen LogP contribution is 2.47. The van der Waals surface area contributed by atoms with Gasteiger partial charge in [-0.25, -0.2) is 0 Å². The van der Waals surface area contributed by atoms with Crippen molar-refractivity contribution in [2.45, 2.75) is 81.5 Å². The van der Waals surface area contributed by atoms with E-state index in [2.05, 4.69) is 16.0 Å². The minimum atomic E-state index is -0.718. The van der Waals surface area contributed by atoms with Crippen LogP contribution >= 0.6 is 23.2 Å². The number of nitrogens with zero attached hydrogens (tertiary/aromatic N) is 1. The summed E-state index contributed by atoms with van der Waals surface area (Å²) < 4.78 is 0. The Morgan fingerprint density at radius 2 is 1.17 bits per heavy atom. The van der Waals surface area contributed by atoms with Crippen molar-refractivity contribution in [3.8, 4) is 0 Å². The van der Waals surface area contributed by atoms with Crippen molar-refractivity contribution in [1.82, 2.24) is 10.2 Å². The highest BCUT2D eigenvalue weighted by molar-refractivity contribution is 6.30. The van der Waals surface area contributed by atoms with Crippen LogP contribution in [0.5, 0.6) is 0 Å². The zero-order chi connectivity index (χ0) is 41.0. The molecule has 3 amide bonds. The van der Waals surface area contributed by atoms with Gasteiger partial charge in [0.1, 0.15) is 0 Å². The van der Waals surface area contributed by atoms with Crippen molar-refractivity contribution >= 4 is 58.3 Å². The van der Waals surface area contributed by atoms with E-state index in [4.69, 9.17) is 28.3 Å². The summed E-state index contributed by atoms with van der Waals surface area (Å²) in [5.41, 5.74) is 3.27. The van der Waals surface area contributed by atoms with E-state index in [0.717, 1.165) is 106 Å². The third kappa shape index (κ3) is 11.1. The number of likely N-dealkylation sites (tertiary alicyclic amines) is 1. The summed E-state index contributed by atoms with van der Waals surface area (Å²) >= 11 is 11.8. The van der Waals surface area contributed by atoms with Crippen LogP contribution in [0.1, 0.15) is 81.8 Å². The number of carboxylic acids is 1. The maximum atomic E-state index is 13.5. The summed E-state index contributed by atoms with van der Waals surface area (Å²) in [5.74, 6) is -0.464. The van der Waals surface area contributed by atoms with Crippen molar-refractivity contribution in [1.29, 1.82) is 0 Å². The van der Waals surface area contributed by atoms with Crippen LogP contribution in [0.3, 0.4) is 0 Å². The summed E-state index contributed by atoms with van der Waals surface area (Å²) in [4.78, 5) is 50.7. The maximum Gasteiger partial charge on any atom is 0.304 e. The third-order valence-electron chi connectivity index (χ3n) is 12.1. The first kappa shape index (κ1) is 42.9. The quantitative estimate of drug-likeness (QED) is 0.133. The van der Waals surface area contributed by atoms with E-state index in [1.165, 1.54) is 0 Å². The molecule has 58 heavy (non-hydrogen) atoms. The van der Waals surface area contributed by atoms with Gasteiger partial charge in [0, 0.05) is 46.5 Å². The first-order valence-corrected chi connectivity index (χ1v) is 21.3. The van der Waals surface area contributed by atoms with E-state index < -0.39 is 11.4 Å². The fourth-order valence-corrected chi connectivity index (χ4v) is 8.73. The van der Waals surface area contributed by atoms with Gasteiger partial charge in [-0.15, -0.1) is 0 Å². The second-order valence-corrected chi connectivity index (χ2v) is 16.9. The average Bonchev–Trinajstić information content (AvgIpc) is 3.21. The number of hydrogen-bond donors (Lipinski definition) is 4. The molecule has 4 aromatic rings. The fraction of sp³-hybridized carbons (Fsp3) is 0.404. The number of para-hydroxylation sites is 2. The summed E-state index contributed by atoms with van der Waals surface area (Å²) in [6.45, 7) is 3.06. The lowest BCUT2D eigenvalue weighted by Crippen LogP contribution is -2.54. The number of anilines is 2. The molecule has 0 aromatic heterocycles. The zero-order valence-corrected chi connectivity index (χ0v) is 34.4. The Morgan fingerprint density at radius 3 is 1.64 bits per heavy atom. The molecule has 4 aromatic carbocycles. The van der Waals surface area contributed by atoms with Gasteiger partial charge in [-0.05, 0) is 118 Å². The first-order chi connectivity index (χ1) is 28.1. The van der Waals surface area contributed by atoms with Gasteiger partial charge in [0.15, 0.2) is 0 Å². The SMILES string of the molecule is O=C(Nc1ccccc1)[C@H]1CCCN(C(=O)C2(c3ccc(Cl)cc3)CCC2)C1.O=C(Nc1ccccc1)[C@H]1CCCNC1.O=C(O)CC1(c2ccc(Cl)cc2)CCC1. The number of amides is 3. The number of aliphatic carboxylic acids is 1. The molecule has 2 aliphatic carbocycles. The Labute approximate surface area is 351 Å². The molecule has 4 N–H and O–H groups in total. The van der Waals surface area contributed by atoms with Crippen molar-refractivity contribution in [3.05, 3.63) is 130 Å². The molecule has 2 aliphatic heterocycles. The molecule has 0 spiro atoms. The smallest absolute Gasteiger partial charge is 0.304 e. The number of benzene rings is 4. The molecule has 2 saturated carbocycles. The molecular weight excluding hydrogens is 771 g/mol. The Hall–Kier alpha value is -4.70. The highest BCUT2D eigenvalue weighted by atomic mass is 35.5. The second-order valence-electron chi connectivity index (χ2n) is 16.0. The predicted octanol–water partition coefficient (Wildman–Crippen LogP) is 9.50. The topological polar surface area (TPSA) is 128 Å². The molecule has 306 valence electrons. The van der Waals surface area contributed by atoms with E-state index in [1.807, 2.05) is 114 Å². The molecule has 0 bridgehead atoms. The third-order valence-corrected chi connectivity index (χ3v) is 12.6. The molecule has 0 radical (unpaired) electrons. The molecule has 8 rings (SSSR count). The van der Waals surface area contributed by atoms with E-state index in [-0.39, 0.29) is 41.4 Å². The Bertz CT molecular complexity index is 1960. The van der Waals surface area contributed by atoms with E-state index in [0.29, 0.717) is 16.6 Å². The Kier molecular flexibility index (Phi) is 15.0. The van der Waals surface area contributed by atoms with Gasteiger partial charge in [0.05, 0.1) is 23.7 Å². The van der Waals surface area contributed by atoms with Crippen LogP contribution in [0.15, 0.2) is 109 Å². The van der Waals surface area contributed by atoms with Gasteiger partial charge in [-0.2, -0.15) is 0 Å². The van der Waals surface area contributed by atoms with Gasteiger partial charge in [-0.1, -0.05) is 96.7 Å². The Morgan fingerprint density at radius 1 is 0.655 bits per heavy atom. The van der Waals surface area contributed by atoms with Crippen LogP contribution in [-0.2, 0) is 30.0 Å². The molecule has 11 heteroatoms. The van der Waals surface area contributed by atoms with Crippen LogP contribution in [0.4, 0.5) is 11.4 Å². The van der Waals surface area contributed by atoms with E-state index in [1.54, 1.807) is 0 Å². The number of piperidine rings is 2. The molecule has 4 fully saturated rings.